The van der Waals surface area contributed by atoms with Gasteiger partial charge in [-0.2, -0.15) is 0 Å². The number of hydrogen-bond donors (Lipinski definition) is 2. The number of carbonyl (C=O) groups is 1. The molecular formula is C18H16ClN3O2. The highest BCUT2D eigenvalue weighted by Gasteiger charge is 2.20. The van der Waals surface area contributed by atoms with Gasteiger partial charge in [0.1, 0.15) is 0 Å². The summed E-state index contributed by atoms with van der Waals surface area (Å²) in [5, 5.41) is 0.574. The van der Waals surface area contributed by atoms with E-state index in [1.54, 1.807) is 12.1 Å². The number of halogens is 1. The lowest BCUT2D eigenvalue weighted by atomic mass is 10.0. The summed E-state index contributed by atoms with van der Waals surface area (Å²) in [5.41, 5.74) is 3.49. The van der Waals surface area contributed by atoms with Gasteiger partial charge >= 0.3 is 5.69 Å². The van der Waals surface area contributed by atoms with Crippen molar-refractivity contribution in [1.29, 1.82) is 0 Å². The van der Waals surface area contributed by atoms with Gasteiger partial charge in [0.25, 0.3) is 5.91 Å². The van der Waals surface area contributed by atoms with Crippen molar-refractivity contribution < 1.29 is 4.79 Å². The topological polar surface area (TPSA) is 69.0 Å². The van der Waals surface area contributed by atoms with Crippen LogP contribution in [0.15, 0.2) is 41.2 Å². The molecule has 1 saturated heterocycles. The van der Waals surface area contributed by atoms with Gasteiger partial charge < -0.3 is 14.9 Å². The number of nitrogens with zero attached hydrogens (tertiary/aromatic N) is 1. The molecule has 0 unspecified atom stereocenters. The van der Waals surface area contributed by atoms with E-state index in [1.165, 1.54) is 0 Å². The number of rotatable bonds is 2. The molecule has 6 heteroatoms. The number of likely N-dealkylation sites (tertiary alicyclic amines) is 1. The fraction of sp³-hybridized carbons (Fsp3) is 0.222. The van der Waals surface area contributed by atoms with E-state index in [4.69, 9.17) is 11.6 Å². The third kappa shape index (κ3) is 2.61. The van der Waals surface area contributed by atoms with Gasteiger partial charge in [0.05, 0.1) is 11.0 Å². The molecule has 122 valence electrons. The third-order valence-corrected chi connectivity index (χ3v) is 4.76. The second-order valence-corrected chi connectivity index (χ2v) is 6.44. The number of H-pyrrole nitrogens is 2. The lowest BCUT2D eigenvalue weighted by Gasteiger charge is -2.16. The normalized spacial score (nSPS) is 14.5. The molecule has 0 aliphatic carbocycles. The zero-order chi connectivity index (χ0) is 16.7. The average molecular weight is 342 g/mol. The largest absolute Gasteiger partial charge is 0.339 e. The van der Waals surface area contributed by atoms with Crippen molar-refractivity contribution in [2.24, 2.45) is 0 Å². The van der Waals surface area contributed by atoms with Crippen LogP contribution in [0.3, 0.4) is 0 Å². The van der Waals surface area contributed by atoms with Crippen molar-refractivity contribution in [3.63, 3.8) is 0 Å². The summed E-state index contributed by atoms with van der Waals surface area (Å²) in [5.74, 6) is 0.0431. The molecule has 0 atom stereocenters. The van der Waals surface area contributed by atoms with Gasteiger partial charge in [-0.1, -0.05) is 17.7 Å². The molecule has 4 rings (SSSR count). The first-order valence-electron chi connectivity index (χ1n) is 7.93. The number of aromatic nitrogens is 2. The molecule has 0 saturated carbocycles. The molecule has 2 aromatic carbocycles. The molecular weight excluding hydrogens is 326 g/mol. The van der Waals surface area contributed by atoms with Crippen molar-refractivity contribution in [3.05, 3.63) is 57.5 Å². The smallest absolute Gasteiger partial charge is 0.323 e. The number of fused-ring (bicyclic) bond motifs is 1. The summed E-state index contributed by atoms with van der Waals surface area (Å²) in [4.78, 5) is 31.3. The maximum absolute atomic E-state index is 12.6. The molecule has 0 bridgehead atoms. The van der Waals surface area contributed by atoms with E-state index in [-0.39, 0.29) is 11.6 Å². The summed E-state index contributed by atoms with van der Waals surface area (Å²) < 4.78 is 0. The van der Waals surface area contributed by atoms with Gasteiger partial charge in [-0.25, -0.2) is 4.79 Å². The van der Waals surface area contributed by atoms with Crippen molar-refractivity contribution in [3.8, 4) is 11.1 Å². The lowest BCUT2D eigenvalue weighted by Crippen LogP contribution is -2.27. The first kappa shape index (κ1) is 15.0. The van der Waals surface area contributed by atoms with E-state index in [2.05, 4.69) is 9.97 Å². The molecule has 1 aliphatic heterocycles. The Morgan fingerprint density at radius 3 is 2.54 bits per heavy atom. The van der Waals surface area contributed by atoms with Crippen LogP contribution in [0.4, 0.5) is 0 Å². The third-order valence-electron chi connectivity index (χ3n) is 4.43. The van der Waals surface area contributed by atoms with Crippen LogP contribution in [0.5, 0.6) is 0 Å². The van der Waals surface area contributed by atoms with Crippen molar-refractivity contribution in [2.45, 2.75) is 12.8 Å². The molecule has 1 aromatic heterocycles. The first-order chi connectivity index (χ1) is 11.6. The molecule has 24 heavy (non-hydrogen) atoms. The second-order valence-electron chi connectivity index (χ2n) is 6.03. The standard InChI is InChI=1S/C18H16ClN3O2/c19-14-5-3-12(17(23)22-7-1-2-8-22)9-13(14)11-4-6-15-16(10-11)21-18(24)20-15/h3-6,9-10H,1-2,7-8H2,(H2,20,21,24). The quantitative estimate of drug-likeness (QED) is 0.750. The molecule has 1 amide bonds. The van der Waals surface area contributed by atoms with Crippen LogP contribution in [-0.2, 0) is 0 Å². The lowest BCUT2D eigenvalue weighted by molar-refractivity contribution is 0.0793. The summed E-state index contributed by atoms with van der Waals surface area (Å²) in [6.45, 7) is 1.63. The molecule has 0 radical (unpaired) electrons. The van der Waals surface area contributed by atoms with E-state index < -0.39 is 0 Å². The minimum atomic E-state index is -0.244. The van der Waals surface area contributed by atoms with Crippen LogP contribution in [0, 0.1) is 0 Å². The van der Waals surface area contributed by atoms with Crippen LogP contribution in [0.2, 0.25) is 5.02 Å². The molecule has 2 N–H and O–H groups in total. The zero-order valence-corrected chi connectivity index (χ0v) is 13.7. The van der Waals surface area contributed by atoms with Gasteiger partial charge in [-0.3, -0.25) is 4.79 Å². The molecule has 3 aromatic rings. The summed E-state index contributed by atoms with van der Waals surface area (Å²) in [7, 11) is 0. The predicted molar refractivity (Wildman–Crippen MR) is 94.5 cm³/mol. The summed E-state index contributed by atoms with van der Waals surface area (Å²) in [6.07, 6.45) is 2.12. The highest BCUT2D eigenvalue weighted by molar-refractivity contribution is 6.33. The Morgan fingerprint density at radius 2 is 1.75 bits per heavy atom. The van der Waals surface area contributed by atoms with Crippen molar-refractivity contribution >= 4 is 28.5 Å². The Balaban J connectivity index is 1.76. The van der Waals surface area contributed by atoms with Gasteiger partial charge in [-0.15, -0.1) is 0 Å². The van der Waals surface area contributed by atoms with Crippen LogP contribution in [0.25, 0.3) is 22.2 Å². The van der Waals surface area contributed by atoms with Gasteiger partial charge in [0.2, 0.25) is 0 Å². The van der Waals surface area contributed by atoms with Crippen LogP contribution < -0.4 is 5.69 Å². The highest BCUT2D eigenvalue weighted by atomic mass is 35.5. The predicted octanol–water partition coefficient (Wildman–Crippen LogP) is 3.41. The Bertz CT molecular complexity index is 983. The maximum atomic E-state index is 12.6. The van der Waals surface area contributed by atoms with Gasteiger partial charge in [-0.05, 0) is 48.7 Å². The Kier molecular flexibility index (Phi) is 3.65. The van der Waals surface area contributed by atoms with Gasteiger partial charge in [0.15, 0.2) is 0 Å². The van der Waals surface area contributed by atoms with Crippen LogP contribution in [0.1, 0.15) is 23.2 Å². The van der Waals surface area contributed by atoms with Crippen LogP contribution in [-0.4, -0.2) is 33.9 Å². The SMILES string of the molecule is O=C(c1ccc(Cl)c(-c2ccc3[nH]c(=O)[nH]c3c2)c1)N1CCCC1. The minimum Gasteiger partial charge on any atom is -0.339 e. The van der Waals surface area contributed by atoms with E-state index in [1.807, 2.05) is 29.2 Å². The van der Waals surface area contributed by atoms with Crippen molar-refractivity contribution in [2.75, 3.05) is 13.1 Å². The van der Waals surface area contributed by atoms with Gasteiger partial charge in [0, 0.05) is 29.2 Å². The van der Waals surface area contributed by atoms with E-state index in [0.717, 1.165) is 42.6 Å². The summed E-state index contributed by atoms with van der Waals surface area (Å²) >= 11 is 6.35. The Labute approximate surface area is 143 Å². The molecule has 2 heterocycles. The number of aromatic amines is 2. The van der Waals surface area contributed by atoms with Crippen molar-refractivity contribution in [1.82, 2.24) is 14.9 Å². The average Bonchev–Trinajstić information content (AvgIpc) is 3.22. The molecule has 1 aliphatic rings. The first-order valence-corrected chi connectivity index (χ1v) is 8.31. The molecule has 1 fully saturated rings. The maximum Gasteiger partial charge on any atom is 0.323 e. The number of carbonyl (C=O) groups excluding carboxylic acids is 1. The zero-order valence-electron chi connectivity index (χ0n) is 12.9. The fourth-order valence-electron chi connectivity index (χ4n) is 3.18. The van der Waals surface area contributed by atoms with E-state index in [9.17, 15) is 9.59 Å². The number of benzene rings is 2. The second kappa shape index (κ2) is 5.83. The fourth-order valence-corrected chi connectivity index (χ4v) is 3.41. The Morgan fingerprint density at radius 1 is 1.00 bits per heavy atom. The molecule has 5 nitrogen and oxygen atoms in total. The number of imidazole rings is 1. The number of hydrogen-bond acceptors (Lipinski definition) is 2. The number of amides is 1. The van der Waals surface area contributed by atoms with E-state index >= 15 is 0 Å². The summed E-state index contributed by atoms with van der Waals surface area (Å²) in [6, 6.07) is 10.9. The number of nitrogens with one attached hydrogen (secondary N) is 2. The Hall–Kier alpha value is -2.53. The van der Waals surface area contributed by atoms with E-state index in [0.29, 0.717) is 16.1 Å². The monoisotopic (exact) mass is 341 g/mol. The highest BCUT2D eigenvalue weighted by Crippen LogP contribution is 2.31. The molecule has 0 spiro atoms. The minimum absolute atomic E-state index is 0.0431. The van der Waals surface area contributed by atoms with Crippen LogP contribution >= 0.6 is 11.6 Å².